The molecule has 182 valence electrons. The van der Waals surface area contributed by atoms with Crippen molar-refractivity contribution in [2.24, 2.45) is 0 Å². The molecule has 35 heavy (non-hydrogen) atoms. The van der Waals surface area contributed by atoms with Gasteiger partial charge in [-0.15, -0.1) is 0 Å². The van der Waals surface area contributed by atoms with Crippen molar-refractivity contribution in [3.8, 4) is 11.5 Å². The van der Waals surface area contributed by atoms with Crippen LogP contribution in [0.3, 0.4) is 0 Å². The number of nitrogens with one attached hydrogen (secondary N) is 1. The topological polar surface area (TPSA) is 71.1 Å². The third-order valence-corrected chi connectivity index (χ3v) is 5.80. The predicted molar refractivity (Wildman–Crippen MR) is 137 cm³/mol. The van der Waals surface area contributed by atoms with Crippen LogP contribution in [0.4, 0.5) is 16.2 Å². The van der Waals surface area contributed by atoms with E-state index in [-0.39, 0.29) is 25.0 Å². The molecule has 0 aliphatic carbocycles. The van der Waals surface area contributed by atoms with Crippen LogP contribution in [0.2, 0.25) is 5.02 Å². The van der Waals surface area contributed by atoms with Crippen LogP contribution in [0, 0.1) is 0 Å². The van der Waals surface area contributed by atoms with E-state index in [4.69, 9.17) is 21.1 Å². The van der Waals surface area contributed by atoms with E-state index in [2.05, 4.69) is 5.32 Å². The van der Waals surface area contributed by atoms with Crippen molar-refractivity contribution in [1.82, 2.24) is 4.90 Å². The fourth-order valence-corrected chi connectivity index (χ4v) is 4.27. The van der Waals surface area contributed by atoms with Crippen molar-refractivity contribution >= 4 is 34.9 Å². The van der Waals surface area contributed by atoms with E-state index in [0.717, 1.165) is 16.8 Å². The number of ether oxygens (including phenoxy) is 2. The quantitative estimate of drug-likeness (QED) is 0.414. The zero-order chi connectivity index (χ0) is 24.8. The smallest absolute Gasteiger partial charge is 0.325 e. The fourth-order valence-electron chi connectivity index (χ4n) is 4.07. The fraction of sp³-hybridized carbons (Fsp3) is 0.259. The van der Waals surface area contributed by atoms with Crippen LogP contribution in [0.25, 0.3) is 0 Å². The molecule has 0 aromatic heterocycles. The van der Waals surface area contributed by atoms with E-state index in [1.54, 1.807) is 23.1 Å². The lowest BCUT2D eigenvalue weighted by Crippen LogP contribution is -2.49. The molecule has 3 amide bonds. The highest BCUT2D eigenvalue weighted by atomic mass is 35.5. The number of urea groups is 1. The minimum atomic E-state index is -0.350. The number of carbonyl (C=O) groups excluding carboxylic acids is 2. The molecule has 8 heteroatoms. The van der Waals surface area contributed by atoms with E-state index in [1.165, 1.54) is 4.90 Å². The Labute approximate surface area is 210 Å². The van der Waals surface area contributed by atoms with E-state index in [0.29, 0.717) is 42.0 Å². The summed E-state index contributed by atoms with van der Waals surface area (Å²) in [5.74, 6) is 0.677. The van der Waals surface area contributed by atoms with Gasteiger partial charge in [0, 0.05) is 5.02 Å². The number of carbonyl (C=O) groups is 2. The largest absolute Gasteiger partial charge is 0.492 e. The number of para-hydroxylation sites is 1. The van der Waals surface area contributed by atoms with Crippen molar-refractivity contribution in [3.63, 3.8) is 0 Å². The molecule has 3 aromatic rings. The van der Waals surface area contributed by atoms with E-state index in [1.807, 2.05) is 62.4 Å². The first-order chi connectivity index (χ1) is 17.0. The molecule has 0 spiro atoms. The van der Waals surface area contributed by atoms with Gasteiger partial charge in [0.2, 0.25) is 5.91 Å². The molecule has 0 atom stereocenters. The highest BCUT2D eigenvalue weighted by Crippen LogP contribution is 2.35. The molecule has 0 radical (unpaired) electrons. The monoisotopic (exact) mass is 493 g/mol. The van der Waals surface area contributed by atoms with Gasteiger partial charge in [0.05, 0.1) is 32.0 Å². The first kappa shape index (κ1) is 24.4. The lowest BCUT2D eigenvalue weighted by atomic mass is 10.1. The maximum Gasteiger partial charge on any atom is 0.325 e. The molecule has 7 nitrogen and oxygen atoms in total. The second kappa shape index (κ2) is 11.1. The van der Waals surface area contributed by atoms with Crippen LogP contribution in [0.15, 0.2) is 66.7 Å². The summed E-state index contributed by atoms with van der Waals surface area (Å²) in [6.45, 7) is 5.14. The molecule has 0 fully saturated rings. The highest BCUT2D eigenvalue weighted by molar-refractivity contribution is 6.30. The van der Waals surface area contributed by atoms with Crippen LogP contribution in [0.5, 0.6) is 11.5 Å². The average molecular weight is 494 g/mol. The van der Waals surface area contributed by atoms with E-state index >= 15 is 0 Å². The summed E-state index contributed by atoms with van der Waals surface area (Å²) < 4.78 is 11.4. The Balaban J connectivity index is 1.57. The van der Waals surface area contributed by atoms with Gasteiger partial charge >= 0.3 is 6.03 Å². The van der Waals surface area contributed by atoms with Gasteiger partial charge in [-0.1, -0.05) is 48.0 Å². The molecule has 4 rings (SSSR count). The summed E-state index contributed by atoms with van der Waals surface area (Å²) in [5.41, 5.74) is 3.11. The normalized spacial score (nSPS) is 12.8. The summed E-state index contributed by atoms with van der Waals surface area (Å²) in [6.07, 6.45) is 0. The Bertz CT molecular complexity index is 1180. The first-order valence-electron chi connectivity index (χ1n) is 11.6. The van der Waals surface area contributed by atoms with Crippen LogP contribution in [-0.2, 0) is 17.9 Å². The Morgan fingerprint density at radius 3 is 2.31 bits per heavy atom. The van der Waals surface area contributed by atoms with Gasteiger partial charge in [-0.3, -0.25) is 9.69 Å². The number of fused-ring (bicyclic) bond motifs is 1. The van der Waals surface area contributed by atoms with Crippen LogP contribution < -0.4 is 19.7 Å². The zero-order valence-corrected chi connectivity index (χ0v) is 20.5. The zero-order valence-electron chi connectivity index (χ0n) is 19.8. The maximum atomic E-state index is 13.5. The molecule has 0 saturated heterocycles. The first-order valence-corrected chi connectivity index (χ1v) is 11.9. The molecule has 1 N–H and O–H groups in total. The molecule has 1 heterocycles. The Hall–Kier alpha value is -3.71. The van der Waals surface area contributed by atoms with Gasteiger partial charge in [-0.25, -0.2) is 4.79 Å². The van der Waals surface area contributed by atoms with Crippen LogP contribution >= 0.6 is 11.6 Å². The molecule has 3 aromatic carbocycles. The Morgan fingerprint density at radius 1 is 0.971 bits per heavy atom. The second-order valence-corrected chi connectivity index (χ2v) is 8.46. The number of benzene rings is 3. The number of hydrogen-bond acceptors (Lipinski definition) is 4. The minimum Gasteiger partial charge on any atom is -0.492 e. The van der Waals surface area contributed by atoms with Gasteiger partial charge in [0.15, 0.2) is 0 Å². The molecule has 1 aliphatic heterocycles. The summed E-state index contributed by atoms with van der Waals surface area (Å²) in [5, 5.41) is 3.47. The predicted octanol–water partition coefficient (Wildman–Crippen LogP) is 5.72. The summed E-state index contributed by atoms with van der Waals surface area (Å²) in [7, 11) is 0. The SMILES string of the molecule is CCOc1cccc(OCC)c1NC(=O)CN1Cc2cc(Cl)ccc2N(Cc2ccccc2)C1=O. The van der Waals surface area contributed by atoms with Gasteiger partial charge in [0.1, 0.15) is 23.7 Å². The maximum absolute atomic E-state index is 13.5. The molecular weight excluding hydrogens is 466 g/mol. The molecule has 1 aliphatic rings. The van der Waals surface area contributed by atoms with E-state index in [9.17, 15) is 9.59 Å². The van der Waals surface area contributed by atoms with Crippen LogP contribution in [-0.4, -0.2) is 36.6 Å². The number of anilines is 2. The number of hydrogen-bond donors (Lipinski definition) is 1. The molecule has 0 bridgehead atoms. The van der Waals surface area contributed by atoms with Gasteiger partial charge in [-0.05, 0) is 55.3 Å². The lowest BCUT2D eigenvalue weighted by Gasteiger charge is -2.37. The molecule has 0 unspecified atom stereocenters. The van der Waals surface area contributed by atoms with Crippen molar-refractivity contribution < 1.29 is 19.1 Å². The van der Waals surface area contributed by atoms with Crippen molar-refractivity contribution in [3.05, 3.63) is 82.9 Å². The summed E-state index contributed by atoms with van der Waals surface area (Å²) in [6, 6.07) is 20.3. The molecular formula is C27H28ClN3O4. The number of rotatable bonds is 9. The standard InChI is InChI=1S/C27H28ClN3O4/c1-3-34-23-11-8-12-24(35-4-2)26(23)29-25(32)18-30-17-20-15-21(28)13-14-22(20)31(27(30)33)16-19-9-6-5-7-10-19/h5-15H,3-4,16-18H2,1-2H3,(H,29,32). The second-order valence-electron chi connectivity index (χ2n) is 8.03. The van der Waals surface area contributed by atoms with Crippen molar-refractivity contribution in [2.45, 2.75) is 26.9 Å². The van der Waals surface area contributed by atoms with Gasteiger partial charge in [0.25, 0.3) is 0 Å². The van der Waals surface area contributed by atoms with Gasteiger partial charge in [-0.2, -0.15) is 0 Å². The number of nitrogens with zero attached hydrogens (tertiary/aromatic N) is 2. The third kappa shape index (κ3) is 5.69. The van der Waals surface area contributed by atoms with Gasteiger partial charge < -0.3 is 19.7 Å². The summed E-state index contributed by atoms with van der Waals surface area (Å²) in [4.78, 5) is 29.8. The van der Waals surface area contributed by atoms with Crippen molar-refractivity contribution in [1.29, 1.82) is 0 Å². The van der Waals surface area contributed by atoms with E-state index < -0.39 is 0 Å². The van der Waals surface area contributed by atoms with Crippen LogP contribution in [0.1, 0.15) is 25.0 Å². The lowest BCUT2D eigenvalue weighted by molar-refractivity contribution is -0.116. The highest BCUT2D eigenvalue weighted by Gasteiger charge is 2.32. The summed E-state index contributed by atoms with van der Waals surface area (Å²) >= 11 is 6.25. The number of amides is 3. The average Bonchev–Trinajstić information content (AvgIpc) is 2.84. The minimum absolute atomic E-state index is 0.137. The Morgan fingerprint density at radius 2 is 1.66 bits per heavy atom. The molecule has 0 saturated carbocycles. The third-order valence-electron chi connectivity index (χ3n) is 5.57. The Kier molecular flexibility index (Phi) is 7.77. The number of halogens is 1. The van der Waals surface area contributed by atoms with Crippen molar-refractivity contribution in [2.75, 3.05) is 30.0 Å².